The summed E-state index contributed by atoms with van der Waals surface area (Å²) < 4.78 is 0. The molecule has 0 saturated carbocycles. The number of hydrogen-bond acceptors (Lipinski definition) is 1. The average molecular weight is 800 g/mol. The summed E-state index contributed by atoms with van der Waals surface area (Å²) in [7, 11) is 0. The summed E-state index contributed by atoms with van der Waals surface area (Å²) >= 11 is 0. The van der Waals surface area contributed by atoms with Crippen LogP contribution in [0.4, 0.5) is 17.1 Å². The SMILES string of the molecule is c1ccc(-c2cc(N(c3ccc4ccccc4c3)c3ccc(-c4ccc5ccccc5c4)c4ccccc34)c(-c3ccccc3)cc2-c2cccc3c2ccc2ccccc23)cc1. The van der Waals surface area contributed by atoms with Gasteiger partial charge in [-0.15, -0.1) is 0 Å². The molecule has 0 unspecified atom stereocenters. The second-order valence-electron chi connectivity index (χ2n) is 16.4. The van der Waals surface area contributed by atoms with E-state index >= 15 is 0 Å². The molecule has 0 heterocycles. The molecule has 0 aliphatic rings. The van der Waals surface area contributed by atoms with Gasteiger partial charge in [-0.2, -0.15) is 0 Å². The Morgan fingerprint density at radius 2 is 0.762 bits per heavy atom. The van der Waals surface area contributed by atoms with Gasteiger partial charge in [-0.3, -0.25) is 0 Å². The Morgan fingerprint density at radius 3 is 1.51 bits per heavy atom. The highest BCUT2D eigenvalue weighted by atomic mass is 15.1. The maximum absolute atomic E-state index is 2.51. The molecule has 0 aromatic heterocycles. The van der Waals surface area contributed by atoms with Crippen molar-refractivity contribution >= 4 is 70.9 Å². The molecular formula is C62H41N. The van der Waals surface area contributed by atoms with E-state index in [9.17, 15) is 0 Å². The molecule has 0 bridgehead atoms. The molecule has 12 aromatic carbocycles. The van der Waals surface area contributed by atoms with E-state index in [0.717, 1.165) is 28.2 Å². The van der Waals surface area contributed by atoms with E-state index in [0.29, 0.717) is 0 Å². The lowest BCUT2D eigenvalue weighted by Crippen LogP contribution is -2.12. The molecule has 0 amide bonds. The first-order valence-corrected chi connectivity index (χ1v) is 21.7. The normalized spacial score (nSPS) is 11.5. The van der Waals surface area contributed by atoms with Crippen molar-refractivity contribution in [1.82, 2.24) is 0 Å². The van der Waals surface area contributed by atoms with Crippen LogP contribution in [0.25, 0.3) is 98.4 Å². The van der Waals surface area contributed by atoms with Gasteiger partial charge in [-0.05, 0) is 124 Å². The summed E-state index contributed by atoms with van der Waals surface area (Å²) in [5.41, 5.74) is 12.8. The number of benzene rings is 12. The Hall–Kier alpha value is -8.26. The zero-order valence-corrected chi connectivity index (χ0v) is 34.6. The van der Waals surface area contributed by atoms with Crippen molar-refractivity contribution in [3.8, 4) is 44.5 Å². The van der Waals surface area contributed by atoms with Crippen LogP contribution in [0, 0.1) is 0 Å². The summed E-state index contributed by atoms with van der Waals surface area (Å²) in [5.74, 6) is 0. The first-order chi connectivity index (χ1) is 31.2. The van der Waals surface area contributed by atoms with E-state index in [1.165, 1.54) is 87.2 Å². The minimum atomic E-state index is 1.10. The van der Waals surface area contributed by atoms with E-state index in [2.05, 4.69) is 254 Å². The molecule has 0 radical (unpaired) electrons. The molecule has 12 rings (SSSR count). The van der Waals surface area contributed by atoms with Crippen molar-refractivity contribution in [2.45, 2.75) is 0 Å². The van der Waals surface area contributed by atoms with Crippen molar-refractivity contribution in [3.63, 3.8) is 0 Å². The van der Waals surface area contributed by atoms with Gasteiger partial charge in [0, 0.05) is 16.6 Å². The second kappa shape index (κ2) is 15.3. The highest BCUT2D eigenvalue weighted by Gasteiger charge is 2.24. The average Bonchev–Trinajstić information content (AvgIpc) is 3.36. The van der Waals surface area contributed by atoms with Crippen molar-refractivity contribution in [2.24, 2.45) is 0 Å². The van der Waals surface area contributed by atoms with Crippen molar-refractivity contribution < 1.29 is 0 Å². The Morgan fingerprint density at radius 1 is 0.206 bits per heavy atom. The summed E-state index contributed by atoms with van der Waals surface area (Å²) in [4.78, 5) is 2.51. The second-order valence-corrected chi connectivity index (χ2v) is 16.4. The van der Waals surface area contributed by atoms with E-state index in [1.807, 2.05) is 0 Å². The molecule has 294 valence electrons. The first kappa shape index (κ1) is 36.6. The fraction of sp³-hybridized carbons (Fsp3) is 0. The number of rotatable bonds is 7. The molecule has 0 aliphatic heterocycles. The van der Waals surface area contributed by atoms with E-state index in [1.54, 1.807) is 0 Å². The van der Waals surface area contributed by atoms with Crippen LogP contribution >= 0.6 is 0 Å². The van der Waals surface area contributed by atoms with Gasteiger partial charge in [0.15, 0.2) is 0 Å². The number of nitrogens with zero attached hydrogens (tertiary/aromatic N) is 1. The lowest BCUT2D eigenvalue weighted by Gasteiger charge is -2.31. The molecule has 0 fully saturated rings. The van der Waals surface area contributed by atoms with Gasteiger partial charge in [0.1, 0.15) is 0 Å². The topological polar surface area (TPSA) is 3.24 Å². The van der Waals surface area contributed by atoms with Gasteiger partial charge in [0.25, 0.3) is 0 Å². The minimum Gasteiger partial charge on any atom is -0.309 e. The number of fused-ring (bicyclic) bond motifs is 6. The van der Waals surface area contributed by atoms with Gasteiger partial charge >= 0.3 is 0 Å². The standard InChI is InChI=1S/C62H41N/c1-3-18-44(19-4-1)58-41-62(59(45-20-5-2-6-21-45)40-60(58)55-29-15-28-53-51-25-12-11-22-46(51)33-35-56(53)55)63(50-34-32-43-17-8-10-24-48(43)39-50)61-37-36-52(54-26-13-14-27-57(54)61)49-31-30-42-16-7-9-23-47(42)38-49/h1-41H. The van der Waals surface area contributed by atoms with Crippen molar-refractivity contribution in [1.29, 1.82) is 0 Å². The number of anilines is 3. The highest BCUT2D eigenvalue weighted by molar-refractivity contribution is 6.14. The summed E-state index contributed by atoms with van der Waals surface area (Å²) in [6.07, 6.45) is 0. The molecule has 0 atom stereocenters. The smallest absolute Gasteiger partial charge is 0.0546 e. The molecule has 0 N–H and O–H groups in total. The van der Waals surface area contributed by atoms with Crippen LogP contribution in [0.2, 0.25) is 0 Å². The third kappa shape index (κ3) is 6.42. The van der Waals surface area contributed by atoms with Gasteiger partial charge in [0.2, 0.25) is 0 Å². The lowest BCUT2D eigenvalue weighted by atomic mass is 9.86. The largest absolute Gasteiger partial charge is 0.309 e. The van der Waals surface area contributed by atoms with Crippen LogP contribution in [-0.4, -0.2) is 0 Å². The summed E-state index contributed by atoms with van der Waals surface area (Å²) in [5, 5.41) is 12.3. The summed E-state index contributed by atoms with van der Waals surface area (Å²) in [6, 6.07) is 91.4. The molecule has 63 heavy (non-hydrogen) atoms. The zero-order chi connectivity index (χ0) is 41.7. The summed E-state index contributed by atoms with van der Waals surface area (Å²) in [6.45, 7) is 0. The maximum Gasteiger partial charge on any atom is 0.0546 e. The van der Waals surface area contributed by atoms with Crippen molar-refractivity contribution in [2.75, 3.05) is 4.90 Å². The Labute approximate surface area is 367 Å². The van der Waals surface area contributed by atoms with E-state index in [-0.39, 0.29) is 0 Å². The van der Waals surface area contributed by atoms with Gasteiger partial charge in [-0.1, -0.05) is 212 Å². The molecular weight excluding hydrogens is 759 g/mol. The van der Waals surface area contributed by atoms with E-state index < -0.39 is 0 Å². The Balaban J connectivity index is 1.17. The first-order valence-electron chi connectivity index (χ1n) is 21.7. The fourth-order valence-electron chi connectivity index (χ4n) is 9.79. The Kier molecular flexibility index (Phi) is 8.90. The highest BCUT2D eigenvalue weighted by Crippen LogP contribution is 2.50. The monoisotopic (exact) mass is 799 g/mol. The van der Waals surface area contributed by atoms with Crippen LogP contribution in [0.5, 0.6) is 0 Å². The molecule has 0 aliphatic carbocycles. The van der Waals surface area contributed by atoms with Gasteiger partial charge in [0.05, 0.1) is 11.4 Å². The molecule has 0 spiro atoms. The predicted octanol–water partition coefficient (Wildman–Crippen LogP) is 17.6. The van der Waals surface area contributed by atoms with Crippen molar-refractivity contribution in [3.05, 3.63) is 249 Å². The van der Waals surface area contributed by atoms with Crippen LogP contribution in [0.1, 0.15) is 0 Å². The molecule has 1 nitrogen and oxygen atoms in total. The maximum atomic E-state index is 2.51. The third-order valence-electron chi connectivity index (χ3n) is 12.8. The van der Waals surface area contributed by atoms with E-state index in [4.69, 9.17) is 0 Å². The quantitative estimate of drug-likeness (QED) is 0.145. The van der Waals surface area contributed by atoms with Crippen LogP contribution in [-0.2, 0) is 0 Å². The van der Waals surface area contributed by atoms with Gasteiger partial charge < -0.3 is 4.90 Å². The van der Waals surface area contributed by atoms with Crippen LogP contribution < -0.4 is 4.90 Å². The predicted molar refractivity (Wildman–Crippen MR) is 270 cm³/mol. The molecule has 1 heteroatoms. The van der Waals surface area contributed by atoms with Gasteiger partial charge in [-0.25, -0.2) is 0 Å². The zero-order valence-electron chi connectivity index (χ0n) is 34.6. The minimum absolute atomic E-state index is 1.10. The van der Waals surface area contributed by atoms with Crippen LogP contribution in [0.3, 0.4) is 0 Å². The number of hydrogen-bond donors (Lipinski definition) is 0. The Bertz CT molecular complexity index is 3680. The fourth-order valence-corrected chi connectivity index (χ4v) is 9.79. The lowest BCUT2D eigenvalue weighted by molar-refractivity contribution is 1.30. The molecule has 0 saturated heterocycles. The van der Waals surface area contributed by atoms with Crippen LogP contribution in [0.15, 0.2) is 249 Å². The third-order valence-corrected chi connectivity index (χ3v) is 12.8. The molecule has 12 aromatic rings.